The number of nitro groups is 1. The summed E-state index contributed by atoms with van der Waals surface area (Å²) >= 11 is 11.7. The molecule has 0 unspecified atom stereocenters. The Morgan fingerprint density at radius 1 is 1.38 bits per heavy atom. The zero-order valence-corrected chi connectivity index (χ0v) is 13.2. The minimum absolute atomic E-state index is 0.0256. The molecule has 1 aliphatic rings. The van der Waals surface area contributed by atoms with E-state index < -0.39 is 4.92 Å². The predicted molar refractivity (Wildman–Crippen MR) is 82.0 cm³/mol. The van der Waals surface area contributed by atoms with Crippen LogP contribution in [0.15, 0.2) is 12.1 Å². The van der Waals surface area contributed by atoms with Crippen LogP contribution < -0.4 is 0 Å². The summed E-state index contributed by atoms with van der Waals surface area (Å²) in [4.78, 5) is 24.5. The lowest BCUT2D eigenvalue weighted by Crippen LogP contribution is -2.38. The van der Waals surface area contributed by atoms with E-state index in [4.69, 9.17) is 23.2 Å². The molecule has 0 aromatic heterocycles. The minimum Gasteiger partial charge on any atom is -0.339 e. The Bertz CT molecular complexity index is 570. The second-order valence-electron chi connectivity index (χ2n) is 5.19. The fourth-order valence-electron chi connectivity index (χ4n) is 2.56. The van der Waals surface area contributed by atoms with Crippen molar-refractivity contribution in [1.82, 2.24) is 4.90 Å². The van der Waals surface area contributed by atoms with Gasteiger partial charge in [0.2, 0.25) is 0 Å². The van der Waals surface area contributed by atoms with Gasteiger partial charge in [-0.15, -0.1) is 0 Å². The third-order valence-electron chi connectivity index (χ3n) is 3.93. The average molecular weight is 331 g/mol. The summed E-state index contributed by atoms with van der Waals surface area (Å²) in [6.07, 6.45) is 3.04. The average Bonchev–Trinajstić information content (AvgIpc) is 2.49. The normalized spacial score (nSPS) is 16.0. The monoisotopic (exact) mass is 330 g/mol. The zero-order chi connectivity index (χ0) is 15.6. The maximum absolute atomic E-state index is 12.4. The van der Waals surface area contributed by atoms with Gasteiger partial charge in [-0.2, -0.15) is 0 Å². The molecular weight excluding hydrogens is 315 g/mol. The number of piperidine rings is 1. The molecule has 0 N–H and O–H groups in total. The van der Waals surface area contributed by atoms with Crippen molar-refractivity contribution in [1.29, 1.82) is 0 Å². The lowest BCUT2D eigenvalue weighted by Gasteiger charge is -2.31. The van der Waals surface area contributed by atoms with Crippen molar-refractivity contribution >= 4 is 34.8 Å². The van der Waals surface area contributed by atoms with Crippen molar-refractivity contribution in [3.8, 4) is 0 Å². The van der Waals surface area contributed by atoms with Crippen molar-refractivity contribution in [2.75, 3.05) is 13.1 Å². The molecule has 1 saturated heterocycles. The highest BCUT2D eigenvalue weighted by Crippen LogP contribution is 2.33. The molecule has 5 nitrogen and oxygen atoms in total. The van der Waals surface area contributed by atoms with Crippen LogP contribution in [0.25, 0.3) is 0 Å². The molecule has 0 bridgehead atoms. The van der Waals surface area contributed by atoms with Crippen molar-refractivity contribution in [2.24, 2.45) is 5.92 Å². The summed E-state index contributed by atoms with van der Waals surface area (Å²) in [6, 6.07) is 2.59. The first-order valence-electron chi connectivity index (χ1n) is 6.86. The second kappa shape index (κ2) is 6.62. The molecule has 1 fully saturated rings. The Labute approximate surface area is 133 Å². The second-order valence-corrected chi connectivity index (χ2v) is 5.98. The molecule has 0 aliphatic carbocycles. The van der Waals surface area contributed by atoms with E-state index >= 15 is 0 Å². The third-order valence-corrected chi connectivity index (χ3v) is 4.72. The summed E-state index contributed by atoms with van der Waals surface area (Å²) in [5, 5.41) is 10.8. The summed E-state index contributed by atoms with van der Waals surface area (Å²) in [6.45, 7) is 3.49. The van der Waals surface area contributed by atoms with Gasteiger partial charge >= 0.3 is 0 Å². The molecule has 0 radical (unpaired) electrons. The smallest absolute Gasteiger partial charge is 0.290 e. The summed E-state index contributed by atoms with van der Waals surface area (Å²) < 4.78 is 0. The highest BCUT2D eigenvalue weighted by Gasteiger charge is 2.26. The molecule has 2 rings (SSSR count). The van der Waals surface area contributed by atoms with Crippen LogP contribution >= 0.6 is 23.2 Å². The van der Waals surface area contributed by atoms with Gasteiger partial charge in [0.15, 0.2) is 0 Å². The van der Waals surface area contributed by atoms with Gasteiger partial charge in [0.05, 0.1) is 9.95 Å². The van der Waals surface area contributed by atoms with Crippen molar-refractivity contribution < 1.29 is 9.72 Å². The molecule has 7 heteroatoms. The summed E-state index contributed by atoms with van der Waals surface area (Å²) in [7, 11) is 0. The van der Waals surface area contributed by atoms with Crippen LogP contribution in [0.4, 0.5) is 5.69 Å². The molecule has 1 aromatic carbocycles. The van der Waals surface area contributed by atoms with Gasteiger partial charge in [-0.1, -0.05) is 36.5 Å². The molecule has 0 atom stereocenters. The van der Waals surface area contributed by atoms with Crippen LogP contribution in [0, 0.1) is 16.0 Å². The Hall–Kier alpha value is -1.33. The van der Waals surface area contributed by atoms with Crippen molar-refractivity contribution in [3.63, 3.8) is 0 Å². The maximum atomic E-state index is 12.4. The highest BCUT2D eigenvalue weighted by molar-refractivity contribution is 6.43. The molecule has 0 saturated carbocycles. The van der Waals surface area contributed by atoms with Crippen molar-refractivity contribution in [3.05, 3.63) is 37.9 Å². The Kier molecular flexibility index (Phi) is 5.06. The fourth-order valence-corrected chi connectivity index (χ4v) is 2.95. The molecule has 21 heavy (non-hydrogen) atoms. The van der Waals surface area contributed by atoms with Gasteiger partial charge in [-0.05, 0) is 24.8 Å². The number of rotatable bonds is 3. The van der Waals surface area contributed by atoms with Gasteiger partial charge < -0.3 is 4.90 Å². The van der Waals surface area contributed by atoms with Gasteiger partial charge in [-0.3, -0.25) is 14.9 Å². The van der Waals surface area contributed by atoms with E-state index in [9.17, 15) is 14.9 Å². The standard InChI is InChI=1S/C14H16Cl2N2O3/c1-2-9-3-5-17(6-4-9)14(19)10-7-11(15)13(16)12(8-10)18(20)21/h7-9H,2-6H2,1H3. The van der Waals surface area contributed by atoms with Crippen LogP contribution in [0.5, 0.6) is 0 Å². The number of amides is 1. The van der Waals surface area contributed by atoms with Crippen LogP contribution in [0.3, 0.4) is 0 Å². The van der Waals surface area contributed by atoms with Crippen molar-refractivity contribution in [2.45, 2.75) is 26.2 Å². The fraction of sp³-hybridized carbons (Fsp3) is 0.500. The number of nitro benzene ring substituents is 1. The Balaban J connectivity index is 2.22. The molecule has 0 spiro atoms. The first-order valence-corrected chi connectivity index (χ1v) is 7.62. The predicted octanol–water partition coefficient (Wildman–Crippen LogP) is 4.16. The molecule has 1 amide bonds. The van der Waals surface area contributed by atoms with E-state index in [1.54, 1.807) is 4.90 Å². The number of halogens is 2. The maximum Gasteiger partial charge on any atom is 0.290 e. The van der Waals surface area contributed by atoms with Crippen LogP contribution in [-0.2, 0) is 0 Å². The topological polar surface area (TPSA) is 63.5 Å². The number of likely N-dealkylation sites (tertiary alicyclic amines) is 1. The van der Waals surface area contributed by atoms with Gasteiger partial charge in [0.25, 0.3) is 11.6 Å². The SMILES string of the molecule is CCC1CCN(C(=O)c2cc(Cl)c(Cl)c([N+](=O)[O-])c2)CC1. The minimum atomic E-state index is -0.631. The van der Waals surface area contributed by atoms with Gasteiger partial charge in [0, 0.05) is 24.7 Å². The number of benzene rings is 1. The quantitative estimate of drug-likeness (QED) is 0.617. The van der Waals surface area contributed by atoms with Crippen LogP contribution in [-0.4, -0.2) is 28.8 Å². The number of carbonyl (C=O) groups is 1. The number of hydrogen-bond donors (Lipinski definition) is 0. The van der Waals surface area contributed by atoms with E-state index in [1.165, 1.54) is 12.1 Å². The summed E-state index contributed by atoms with van der Waals surface area (Å²) in [5.74, 6) is 0.420. The highest BCUT2D eigenvalue weighted by atomic mass is 35.5. The van der Waals surface area contributed by atoms with E-state index in [2.05, 4.69) is 6.92 Å². The van der Waals surface area contributed by atoms with Gasteiger partial charge in [-0.25, -0.2) is 0 Å². The zero-order valence-electron chi connectivity index (χ0n) is 11.6. The largest absolute Gasteiger partial charge is 0.339 e. The third kappa shape index (κ3) is 3.47. The molecule has 114 valence electrons. The van der Waals surface area contributed by atoms with Crippen LogP contribution in [0.1, 0.15) is 36.5 Å². The van der Waals surface area contributed by atoms with E-state index in [0.29, 0.717) is 19.0 Å². The lowest BCUT2D eigenvalue weighted by atomic mass is 9.94. The number of carbonyl (C=O) groups excluding carboxylic acids is 1. The molecule has 1 heterocycles. The van der Waals surface area contributed by atoms with E-state index in [-0.39, 0.29) is 27.2 Å². The van der Waals surface area contributed by atoms with Gasteiger partial charge in [0.1, 0.15) is 5.02 Å². The first kappa shape index (κ1) is 16.0. The number of hydrogen-bond acceptors (Lipinski definition) is 3. The molecule has 1 aromatic rings. The Morgan fingerprint density at radius 2 is 2.00 bits per heavy atom. The summed E-state index contributed by atoms with van der Waals surface area (Å²) in [5.41, 5.74) is -0.123. The number of nitrogens with zero attached hydrogens (tertiary/aromatic N) is 2. The lowest BCUT2D eigenvalue weighted by molar-refractivity contribution is -0.384. The van der Waals surface area contributed by atoms with E-state index in [0.717, 1.165) is 19.3 Å². The van der Waals surface area contributed by atoms with E-state index in [1.807, 2.05) is 0 Å². The first-order chi connectivity index (χ1) is 9.93. The van der Waals surface area contributed by atoms with Crippen LogP contribution in [0.2, 0.25) is 10.0 Å². The molecule has 1 aliphatic heterocycles. The Morgan fingerprint density at radius 3 is 2.52 bits per heavy atom. The molecular formula is C14H16Cl2N2O3.